The van der Waals surface area contributed by atoms with Crippen LogP contribution < -0.4 is 10.0 Å². The molecule has 0 saturated heterocycles. The van der Waals surface area contributed by atoms with Gasteiger partial charge in [-0.3, -0.25) is 4.79 Å². The summed E-state index contributed by atoms with van der Waals surface area (Å²) in [7, 11) is -3.70. The molecule has 0 saturated carbocycles. The first-order valence-corrected chi connectivity index (χ1v) is 8.42. The van der Waals surface area contributed by atoms with Crippen LogP contribution in [-0.2, 0) is 10.0 Å². The number of benzene rings is 1. The van der Waals surface area contributed by atoms with Crippen molar-refractivity contribution in [3.8, 4) is 0 Å². The van der Waals surface area contributed by atoms with Crippen LogP contribution in [0.5, 0.6) is 0 Å². The predicted molar refractivity (Wildman–Crippen MR) is 81.2 cm³/mol. The Labute approximate surface area is 126 Å². The summed E-state index contributed by atoms with van der Waals surface area (Å²) in [6.07, 6.45) is 0. The summed E-state index contributed by atoms with van der Waals surface area (Å²) in [5.74, 6) is -0.795. The van der Waals surface area contributed by atoms with Gasteiger partial charge in [0.2, 0.25) is 10.0 Å². The molecule has 1 aromatic heterocycles. The monoisotopic (exact) mass is 326 g/mol. The van der Waals surface area contributed by atoms with E-state index < -0.39 is 21.2 Å². The number of carbonyl (C=O) groups is 1. The van der Waals surface area contributed by atoms with Gasteiger partial charge in [0.25, 0.3) is 5.91 Å². The Kier molecular flexibility index (Phi) is 4.53. The third-order valence-electron chi connectivity index (χ3n) is 2.59. The molecule has 0 fully saturated rings. The fourth-order valence-corrected chi connectivity index (χ4v) is 2.55. The fourth-order valence-electron chi connectivity index (χ4n) is 1.37. The van der Waals surface area contributed by atoms with Crippen molar-refractivity contribution >= 4 is 38.2 Å². The number of nitrogens with one attached hydrogen (secondary N) is 2. The maximum atomic E-state index is 12.0. The summed E-state index contributed by atoms with van der Waals surface area (Å²) >= 11 is 0.979. The maximum Gasteiger partial charge on any atom is 0.288 e. The molecule has 2 aromatic rings. The number of nitrogens with zero attached hydrogens (tertiary/aromatic N) is 2. The van der Waals surface area contributed by atoms with Crippen LogP contribution in [0.1, 0.15) is 24.3 Å². The van der Waals surface area contributed by atoms with E-state index in [-0.39, 0.29) is 5.69 Å². The largest absolute Gasteiger partial charge is 0.344 e. The SMILES string of the molecule is CC(C)S(=O)(=O)NC(=O)c1nnsc1Nc1ccccc1. The molecular weight excluding hydrogens is 312 g/mol. The minimum Gasteiger partial charge on any atom is -0.344 e. The highest BCUT2D eigenvalue weighted by molar-refractivity contribution is 7.90. The molecule has 0 spiro atoms. The first-order chi connectivity index (χ1) is 9.90. The second kappa shape index (κ2) is 6.19. The van der Waals surface area contributed by atoms with Crippen molar-refractivity contribution in [3.05, 3.63) is 36.0 Å². The number of sulfonamides is 1. The molecule has 0 aliphatic heterocycles. The van der Waals surface area contributed by atoms with Crippen molar-refractivity contribution in [2.75, 3.05) is 5.32 Å². The molecule has 2 N–H and O–H groups in total. The smallest absolute Gasteiger partial charge is 0.288 e. The van der Waals surface area contributed by atoms with Crippen LogP contribution in [0.2, 0.25) is 0 Å². The summed E-state index contributed by atoms with van der Waals surface area (Å²) in [6, 6.07) is 9.15. The average molecular weight is 326 g/mol. The van der Waals surface area contributed by atoms with Gasteiger partial charge in [0.15, 0.2) is 5.69 Å². The van der Waals surface area contributed by atoms with E-state index >= 15 is 0 Å². The molecule has 0 unspecified atom stereocenters. The lowest BCUT2D eigenvalue weighted by molar-refractivity contribution is 0.0977. The van der Waals surface area contributed by atoms with Crippen LogP contribution in [-0.4, -0.2) is 29.2 Å². The number of hydrogen-bond acceptors (Lipinski definition) is 7. The van der Waals surface area contributed by atoms with Crippen LogP contribution in [0.4, 0.5) is 10.7 Å². The minimum atomic E-state index is -3.70. The molecule has 7 nitrogen and oxygen atoms in total. The summed E-state index contributed by atoms with van der Waals surface area (Å²) in [6.45, 7) is 2.97. The first-order valence-electron chi connectivity index (χ1n) is 6.10. The highest BCUT2D eigenvalue weighted by atomic mass is 32.2. The van der Waals surface area contributed by atoms with Crippen LogP contribution in [0, 0.1) is 0 Å². The Hall–Kier alpha value is -2.00. The molecule has 1 aromatic carbocycles. The number of amides is 1. The van der Waals surface area contributed by atoms with Crippen LogP contribution >= 0.6 is 11.5 Å². The standard InChI is InChI=1S/C12H14N4O3S2/c1-8(2)21(18,19)15-11(17)10-12(20-16-14-10)13-9-6-4-3-5-7-9/h3-8,13H,1-2H3,(H,15,17). The van der Waals surface area contributed by atoms with Crippen molar-refractivity contribution in [2.24, 2.45) is 0 Å². The third-order valence-corrected chi connectivity index (χ3v) is 4.94. The first kappa shape index (κ1) is 15.4. The van der Waals surface area contributed by atoms with E-state index in [1.165, 1.54) is 13.8 Å². The van der Waals surface area contributed by atoms with E-state index in [4.69, 9.17) is 0 Å². The number of anilines is 2. The van der Waals surface area contributed by atoms with Crippen molar-refractivity contribution in [1.82, 2.24) is 14.3 Å². The Morgan fingerprint density at radius 3 is 2.52 bits per heavy atom. The zero-order valence-electron chi connectivity index (χ0n) is 11.4. The Balaban J connectivity index is 2.19. The number of aromatic nitrogens is 2. The van der Waals surface area contributed by atoms with Gasteiger partial charge in [-0.2, -0.15) is 0 Å². The Bertz CT molecular complexity index is 726. The normalized spacial score (nSPS) is 11.4. The molecule has 0 aliphatic rings. The molecule has 0 aliphatic carbocycles. The molecule has 21 heavy (non-hydrogen) atoms. The summed E-state index contributed by atoms with van der Waals surface area (Å²) in [4.78, 5) is 12.0. The van der Waals surface area contributed by atoms with E-state index in [0.29, 0.717) is 5.00 Å². The average Bonchev–Trinajstić information content (AvgIpc) is 2.87. The number of hydrogen-bond donors (Lipinski definition) is 2. The molecule has 2 rings (SSSR count). The van der Waals surface area contributed by atoms with Crippen molar-refractivity contribution < 1.29 is 13.2 Å². The van der Waals surface area contributed by atoms with E-state index in [0.717, 1.165) is 17.2 Å². The highest BCUT2D eigenvalue weighted by Gasteiger charge is 2.24. The minimum absolute atomic E-state index is 0.0481. The van der Waals surface area contributed by atoms with Crippen LogP contribution in [0.15, 0.2) is 30.3 Å². The number of carbonyl (C=O) groups excluding carboxylic acids is 1. The van der Waals surface area contributed by atoms with Crippen LogP contribution in [0.25, 0.3) is 0 Å². The zero-order valence-corrected chi connectivity index (χ0v) is 13.0. The molecular formula is C12H14N4O3S2. The van der Waals surface area contributed by atoms with E-state index in [1.54, 1.807) is 0 Å². The van der Waals surface area contributed by atoms with Gasteiger partial charge in [-0.05, 0) is 26.0 Å². The van der Waals surface area contributed by atoms with Crippen LogP contribution in [0.3, 0.4) is 0 Å². The number of rotatable bonds is 5. The third kappa shape index (κ3) is 3.76. The van der Waals surface area contributed by atoms with Gasteiger partial charge >= 0.3 is 0 Å². The fraction of sp³-hybridized carbons (Fsp3) is 0.250. The molecule has 1 amide bonds. The summed E-state index contributed by atoms with van der Waals surface area (Å²) < 4.78 is 29.1. The lowest BCUT2D eigenvalue weighted by Gasteiger charge is -2.09. The van der Waals surface area contributed by atoms with E-state index in [9.17, 15) is 13.2 Å². The quantitative estimate of drug-likeness (QED) is 0.868. The van der Waals surface area contributed by atoms with Gasteiger partial charge in [0, 0.05) is 17.2 Å². The Morgan fingerprint density at radius 1 is 1.24 bits per heavy atom. The number of para-hydroxylation sites is 1. The summed E-state index contributed by atoms with van der Waals surface area (Å²) in [5.41, 5.74) is 0.706. The predicted octanol–water partition coefficient (Wildman–Crippen LogP) is 1.75. The zero-order chi connectivity index (χ0) is 15.5. The second-order valence-corrected chi connectivity index (χ2v) is 7.46. The van der Waals surface area contributed by atoms with Crippen molar-refractivity contribution in [1.29, 1.82) is 0 Å². The summed E-state index contributed by atoms with van der Waals surface area (Å²) in [5, 5.41) is 6.35. The molecule has 0 atom stereocenters. The van der Waals surface area contributed by atoms with Crippen molar-refractivity contribution in [3.63, 3.8) is 0 Å². The maximum absolute atomic E-state index is 12.0. The van der Waals surface area contributed by atoms with Gasteiger partial charge in [-0.25, -0.2) is 13.1 Å². The highest BCUT2D eigenvalue weighted by Crippen LogP contribution is 2.23. The second-order valence-electron chi connectivity index (χ2n) is 4.47. The van der Waals surface area contributed by atoms with E-state index in [2.05, 4.69) is 14.9 Å². The molecule has 112 valence electrons. The lowest BCUT2D eigenvalue weighted by atomic mass is 10.3. The van der Waals surface area contributed by atoms with Gasteiger partial charge < -0.3 is 5.32 Å². The lowest BCUT2D eigenvalue weighted by Crippen LogP contribution is -2.36. The van der Waals surface area contributed by atoms with Gasteiger partial charge in [0.1, 0.15) is 5.00 Å². The molecule has 0 radical (unpaired) electrons. The van der Waals surface area contributed by atoms with Crippen molar-refractivity contribution in [2.45, 2.75) is 19.1 Å². The molecule has 9 heteroatoms. The Morgan fingerprint density at radius 2 is 1.90 bits per heavy atom. The molecule has 1 heterocycles. The molecule has 0 bridgehead atoms. The van der Waals surface area contributed by atoms with E-state index in [1.807, 2.05) is 35.1 Å². The topological polar surface area (TPSA) is 101 Å². The van der Waals surface area contributed by atoms with Gasteiger partial charge in [0.05, 0.1) is 5.25 Å². The van der Waals surface area contributed by atoms with Gasteiger partial charge in [-0.15, -0.1) is 5.10 Å². The van der Waals surface area contributed by atoms with Gasteiger partial charge in [-0.1, -0.05) is 22.7 Å².